The van der Waals surface area contributed by atoms with Gasteiger partial charge in [-0.3, -0.25) is 14.9 Å². The molecule has 0 N–H and O–H groups in total. The van der Waals surface area contributed by atoms with Gasteiger partial charge in [0.1, 0.15) is 0 Å². The van der Waals surface area contributed by atoms with Gasteiger partial charge >= 0.3 is 0 Å². The molecule has 0 saturated carbocycles. The number of rotatable bonds is 6. The van der Waals surface area contributed by atoms with E-state index in [1.165, 1.54) is 11.6 Å². The van der Waals surface area contributed by atoms with Crippen LogP contribution in [0.25, 0.3) is 0 Å². The first-order valence-electron chi connectivity index (χ1n) is 9.74. The number of likely N-dealkylation sites (tertiary alicyclic amines) is 1. The third kappa shape index (κ3) is 5.78. The van der Waals surface area contributed by atoms with Gasteiger partial charge in [-0.15, -0.1) is 12.4 Å². The molecule has 0 unspecified atom stereocenters. The lowest BCUT2D eigenvalue weighted by molar-refractivity contribution is -0.385. The van der Waals surface area contributed by atoms with Gasteiger partial charge in [0.05, 0.1) is 4.92 Å². The molecular formula is C22H28ClN3O3. The van der Waals surface area contributed by atoms with Gasteiger partial charge in [0.15, 0.2) is 0 Å². The molecule has 1 heterocycles. The molecule has 2 aromatic carbocycles. The third-order valence-corrected chi connectivity index (χ3v) is 5.61. The first-order valence-corrected chi connectivity index (χ1v) is 9.74. The second-order valence-corrected chi connectivity index (χ2v) is 7.50. The zero-order valence-corrected chi connectivity index (χ0v) is 17.7. The minimum Gasteiger partial charge on any atom is -0.339 e. The van der Waals surface area contributed by atoms with Crippen LogP contribution in [0, 0.1) is 17.0 Å². The summed E-state index contributed by atoms with van der Waals surface area (Å²) in [5, 5.41) is 11.0. The van der Waals surface area contributed by atoms with Crippen LogP contribution < -0.4 is 0 Å². The molecule has 1 amide bonds. The highest BCUT2D eigenvalue weighted by Crippen LogP contribution is 2.22. The van der Waals surface area contributed by atoms with Crippen LogP contribution in [-0.2, 0) is 6.42 Å². The van der Waals surface area contributed by atoms with Gasteiger partial charge in [0.25, 0.3) is 11.6 Å². The zero-order chi connectivity index (χ0) is 20.1. The summed E-state index contributed by atoms with van der Waals surface area (Å²) < 4.78 is 0. The van der Waals surface area contributed by atoms with E-state index < -0.39 is 4.92 Å². The molecule has 0 spiro atoms. The van der Waals surface area contributed by atoms with Crippen LogP contribution in [0.5, 0.6) is 0 Å². The zero-order valence-electron chi connectivity index (χ0n) is 16.9. The molecule has 156 valence electrons. The Hall–Kier alpha value is -2.44. The Balaban J connectivity index is 0.00000300. The van der Waals surface area contributed by atoms with Crippen LogP contribution in [0.15, 0.2) is 48.5 Å². The van der Waals surface area contributed by atoms with Crippen molar-refractivity contribution >= 4 is 24.0 Å². The molecule has 0 aliphatic carbocycles. The number of benzene rings is 2. The summed E-state index contributed by atoms with van der Waals surface area (Å²) in [5.41, 5.74) is 2.44. The average molecular weight is 418 g/mol. The fourth-order valence-electron chi connectivity index (χ4n) is 3.82. The van der Waals surface area contributed by atoms with E-state index in [2.05, 4.69) is 36.2 Å². The monoisotopic (exact) mass is 417 g/mol. The normalized spacial score (nSPS) is 14.5. The second kappa shape index (κ2) is 10.4. The van der Waals surface area contributed by atoms with Crippen LogP contribution in [0.4, 0.5) is 5.69 Å². The molecule has 7 heteroatoms. The van der Waals surface area contributed by atoms with Crippen molar-refractivity contribution in [2.45, 2.75) is 32.2 Å². The number of nitro groups is 1. The summed E-state index contributed by atoms with van der Waals surface area (Å²) in [6, 6.07) is 15.6. The van der Waals surface area contributed by atoms with E-state index in [0.29, 0.717) is 17.2 Å². The highest BCUT2D eigenvalue weighted by Gasteiger charge is 2.26. The second-order valence-electron chi connectivity index (χ2n) is 7.50. The molecule has 1 saturated heterocycles. The Morgan fingerprint density at radius 1 is 1.17 bits per heavy atom. The molecule has 0 bridgehead atoms. The predicted molar refractivity (Wildman–Crippen MR) is 117 cm³/mol. The SMILES string of the molecule is Cc1cc(C(=O)N2CCC(N(C)CCc3ccccc3)CC2)ccc1[N+](=O)[O-].Cl. The maximum atomic E-state index is 12.8. The van der Waals surface area contributed by atoms with Gasteiger partial charge < -0.3 is 9.80 Å². The highest BCUT2D eigenvalue weighted by molar-refractivity contribution is 5.94. The van der Waals surface area contributed by atoms with Crippen LogP contribution in [-0.4, -0.2) is 53.4 Å². The van der Waals surface area contributed by atoms with E-state index in [9.17, 15) is 14.9 Å². The molecule has 6 nitrogen and oxygen atoms in total. The van der Waals surface area contributed by atoms with Crippen molar-refractivity contribution in [3.8, 4) is 0 Å². The molecule has 0 atom stereocenters. The number of halogens is 1. The van der Waals surface area contributed by atoms with Gasteiger partial charge in [-0.2, -0.15) is 0 Å². The average Bonchev–Trinajstić information content (AvgIpc) is 2.72. The molecule has 29 heavy (non-hydrogen) atoms. The van der Waals surface area contributed by atoms with Crippen LogP contribution in [0.2, 0.25) is 0 Å². The Morgan fingerprint density at radius 2 is 1.83 bits per heavy atom. The number of amides is 1. The molecule has 1 aliphatic rings. The maximum absolute atomic E-state index is 12.8. The summed E-state index contributed by atoms with van der Waals surface area (Å²) in [7, 11) is 2.16. The first kappa shape index (κ1) is 22.8. The topological polar surface area (TPSA) is 66.7 Å². The fraction of sp³-hybridized carbons (Fsp3) is 0.409. The molecule has 1 fully saturated rings. The molecule has 0 aromatic heterocycles. The summed E-state index contributed by atoms with van der Waals surface area (Å²) in [5.74, 6) is -0.0385. The number of carbonyl (C=O) groups excluding carboxylic acids is 1. The van der Waals surface area contributed by atoms with Gasteiger partial charge in [-0.1, -0.05) is 30.3 Å². The smallest absolute Gasteiger partial charge is 0.272 e. The van der Waals surface area contributed by atoms with E-state index in [4.69, 9.17) is 0 Å². The lowest BCUT2D eigenvalue weighted by atomic mass is 10.0. The number of likely N-dealkylation sites (N-methyl/N-ethyl adjacent to an activating group) is 1. The number of nitrogens with zero attached hydrogens (tertiary/aromatic N) is 3. The molecule has 2 aromatic rings. The Kier molecular flexibility index (Phi) is 8.17. The van der Waals surface area contributed by atoms with Crippen molar-refractivity contribution in [2.75, 3.05) is 26.7 Å². The van der Waals surface area contributed by atoms with Crippen LogP contribution in [0.3, 0.4) is 0 Å². The summed E-state index contributed by atoms with van der Waals surface area (Å²) >= 11 is 0. The van der Waals surface area contributed by atoms with Crippen molar-refractivity contribution in [3.63, 3.8) is 0 Å². The summed E-state index contributed by atoms with van der Waals surface area (Å²) in [6.07, 6.45) is 2.92. The lowest BCUT2D eigenvalue weighted by Crippen LogP contribution is -2.46. The van der Waals surface area contributed by atoms with Gasteiger partial charge in [-0.25, -0.2) is 0 Å². The van der Waals surface area contributed by atoms with Crippen LogP contribution in [0.1, 0.15) is 34.3 Å². The Labute approximate surface area is 178 Å². The minimum atomic E-state index is -0.416. The van der Waals surface area contributed by atoms with Gasteiger partial charge in [-0.05, 0) is 50.9 Å². The van der Waals surface area contributed by atoms with Crippen molar-refractivity contribution < 1.29 is 9.72 Å². The van der Waals surface area contributed by atoms with Crippen molar-refractivity contribution in [1.29, 1.82) is 0 Å². The number of carbonyl (C=O) groups is 1. The van der Waals surface area contributed by atoms with E-state index in [-0.39, 0.29) is 24.0 Å². The lowest BCUT2D eigenvalue weighted by Gasteiger charge is -2.37. The first-order chi connectivity index (χ1) is 13.5. The highest BCUT2D eigenvalue weighted by atomic mass is 35.5. The number of hydrogen-bond acceptors (Lipinski definition) is 4. The standard InChI is InChI=1S/C22H27N3O3.ClH/c1-17-16-19(8-9-21(17)25(27)28)22(26)24-14-11-20(12-15-24)23(2)13-10-18-6-4-3-5-7-18;/h3-9,16,20H,10-15H2,1-2H3;1H. The Morgan fingerprint density at radius 3 is 2.41 bits per heavy atom. The van der Waals surface area contributed by atoms with E-state index >= 15 is 0 Å². The fourth-order valence-corrected chi connectivity index (χ4v) is 3.82. The van der Waals surface area contributed by atoms with Crippen molar-refractivity contribution in [1.82, 2.24) is 9.80 Å². The largest absolute Gasteiger partial charge is 0.339 e. The van der Waals surface area contributed by atoms with Crippen molar-refractivity contribution in [3.05, 3.63) is 75.3 Å². The summed E-state index contributed by atoms with van der Waals surface area (Å²) in [6.45, 7) is 4.11. The molecule has 1 aliphatic heterocycles. The predicted octanol–water partition coefficient (Wildman–Crippen LogP) is 4.10. The van der Waals surface area contributed by atoms with E-state index in [1.54, 1.807) is 19.1 Å². The minimum absolute atomic E-state index is 0. The molecule has 0 radical (unpaired) electrons. The van der Waals surface area contributed by atoms with Crippen LogP contribution >= 0.6 is 12.4 Å². The van der Waals surface area contributed by atoms with Gasteiger partial charge in [0, 0.05) is 42.9 Å². The van der Waals surface area contributed by atoms with E-state index in [0.717, 1.165) is 38.9 Å². The number of nitro benzene ring substituents is 1. The summed E-state index contributed by atoms with van der Waals surface area (Å²) in [4.78, 5) is 27.6. The Bertz CT molecular complexity index is 836. The number of aryl methyl sites for hydroxylation is 1. The number of piperidine rings is 1. The van der Waals surface area contributed by atoms with Crippen molar-refractivity contribution in [2.24, 2.45) is 0 Å². The molecular weight excluding hydrogens is 390 g/mol. The quantitative estimate of drug-likeness (QED) is 0.524. The maximum Gasteiger partial charge on any atom is 0.272 e. The van der Waals surface area contributed by atoms with Gasteiger partial charge in [0.2, 0.25) is 0 Å². The molecule has 3 rings (SSSR count). The van der Waals surface area contributed by atoms with E-state index in [1.807, 2.05) is 11.0 Å². The third-order valence-electron chi connectivity index (χ3n) is 5.61. The number of hydrogen-bond donors (Lipinski definition) is 0.